The summed E-state index contributed by atoms with van der Waals surface area (Å²) in [6.07, 6.45) is 5.03. The van der Waals surface area contributed by atoms with Crippen LogP contribution in [-0.4, -0.2) is 35.4 Å². The second-order valence-corrected chi connectivity index (χ2v) is 4.44. The molecule has 0 atom stereocenters. The van der Waals surface area contributed by atoms with Gasteiger partial charge in [-0.25, -0.2) is 4.98 Å². The van der Waals surface area contributed by atoms with Crippen molar-refractivity contribution in [2.24, 2.45) is 5.73 Å². The molecule has 1 saturated carbocycles. The first kappa shape index (κ1) is 12.6. The van der Waals surface area contributed by atoms with Gasteiger partial charge in [-0.3, -0.25) is 4.79 Å². The van der Waals surface area contributed by atoms with Crippen molar-refractivity contribution in [3.63, 3.8) is 0 Å². The number of carbonyl (C=O) groups excluding carboxylic acids is 1. The Bertz CT molecular complexity index is 480. The lowest BCUT2D eigenvalue weighted by molar-refractivity contribution is 0.0646. The highest BCUT2D eigenvalue weighted by Crippen LogP contribution is 2.24. The van der Waals surface area contributed by atoms with E-state index in [1.54, 1.807) is 23.2 Å². The highest BCUT2D eigenvalue weighted by Gasteiger charge is 2.26. The maximum atomic E-state index is 12.1. The normalized spacial score (nSPS) is 14.3. The molecule has 0 saturated heterocycles. The van der Waals surface area contributed by atoms with Gasteiger partial charge in [0.15, 0.2) is 0 Å². The molecule has 1 aromatic rings. The zero-order valence-corrected chi connectivity index (χ0v) is 10.5. The standard InChI is InChI=1S/C14H17N3O/c1-17(12-5-2-6-12)14(18)13-8-7-11(10-16-13)4-3-9-15/h7-8,10,12H,2,5-6,9,15H2,1H3. The summed E-state index contributed by atoms with van der Waals surface area (Å²) >= 11 is 0. The van der Waals surface area contributed by atoms with Crippen LogP contribution in [0.15, 0.2) is 18.3 Å². The summed E-state index contributed by atoms with van der Waals surface area (Å²) in [4.78, 5) is 18.1. The average molecular weight is 243 g/mol. The number of hydrogen-bond donors (Lipinski definition) is 1. The van der Waals surface area contributed by atoms with Crippen molar-refractivity contribution in [1.82, 2.24) is 9.88 Å². The maximum absolute atomic E-state index is 12.1. The summed E-state index contributed by atoms with van der Waals surface area (Å²) < 4.78 is 0. The van der Waals surface area contributed by atoms with Gasteiger partial charge in [-0.1, -0.05) is 11.8 Å². The van der Waals surface area contributed by atoms with E-state index < -0.39 is 0 Å². The molecule has 4 heteroatoms. The van der Waals surface area contributed by atoms with Gasteiger partial charge in [0.1, 0.15) is 5.69 Å². The lowest BCUT2D eigenvalue weighted by atomic mass is 9.92. The molecule has 2 N–H and O–H groups in total. The largest absolute Gasteiger partial charge is 0.337 e. The van der Waals surface area contributed by atoms with E-state index in [0.29, 0.717) is 18.3 Å². The van der Waals surface area contributed by atoms with Crippen LogP contribution in [0, 0.1) is 11.8 Å². The highest BCUT2D eigenvalue weighted by atomic mass is 16.2. The quantitative estimate of drug-likeness (QED) is 0.789. The van der Waals surface area contributed by atoms with E-state index in [-0.39, 0.29) is 5.91 Å². The Morgan fingerprint density at radius 3 is 2.83 bits per heavy atom. The predicted octanol–water partition coefficient (Wildman–Crippen LogP) is 1.02. The van der Waals surface area contributed by atoms with Gasteiger partial charge in [0.05, 0.1) is 6.54 Å². The molecule has 1 heterocycles. The minimum atomic E-state index is -0.0157. The Morgan fingerprint density at radius 1 is 1.56 bits per heavy atom. The molecule has 0 bridgehead atoms. The van der Waals surface area contributed by atoms with Crippen LogP contribution in [0.3, 0.4) is 0 Å². The molecule has 94 valence electrons. The van der Waals surface area contributed by atoms with Crippen molar-refractivity contribution in [1.29, 1.82) is 0 Å². The fourth-order valence-corrected chi connectivity index (χ4v) is 1.87. The van der Waals surface area contributed by atoms with Crippen LogP contribution in [0.5, 0.6) is 0 Å². The van der Waals surface area contributed by atoms with Gasteiger partial charge in [0.25, 0.3) is 5.91 Å². The third kappa shape index (κ3) is 2.69. The minimum absolute atomic E-state index is 0.0157. The summed E-state index contributed by atoms with van der Waals surface area (Å²) in [7, 11) is 1.84. The Labute approximate surface area is 107 Å². The van der Waals surface area contributed by atoms with Crippen molar-refractivity contribution >= 4 is 5.91 Å². The Morgan fingerprint density at radius 2 is 2.33 bits per heavy atom. The molecule has 2 rings (SSSR count). The molecule has 1 amide bonds. The van der Waals surface area contributed by atoms with Gasteiger partial charge >= 0.3 is 0 Å². The van der Waals surface area contributed by atoms with Crippen LogP contribution < -0.4 is 5.73 Å². The SMILES string of the molecule is CN(C(=O)c1ccc(C#CCN)cn1)C1CCC1. The molecule has 1 aliphatic rings. The van der Waals surface area contributed by atoms with Gasteiger partial charge in [-0.2, -0.15) is 0 Å². The van der Waals surface area contributed by atoms with Gasteiger partial charge in [0.2, 0.25) is 0 Å². The molecule has 0 radical (unpaired) electrons. The molecule has 1 aromatic heterocycles. The number of nitrogens with zero attached hydrogens (tertiary/aromatic N) is 2. The lowest BCUT2D eigenvalue weighted by Gasteiger charge is -2.34. The number of nitrogens with two attached hydrogens (primary N) is 1. The highest BCUT2D eigenvalue weighted by molar-refractivity contribution is 5.92. The van der Waals surface area contributed by atoms with E-state index >= 15 is 0 Å². The van der Waals surface area contributed by atoms with E-state index in [4.69, 9.17) is 5.73 Å². The molecule has 0 aromatic carbocycles. The zero-order valence-electron chi connectivity index (χ0n) is 10.5. The van der Waals surface area contributed by atoms with Crippen LogP contribution in [0.1, 0.15) is 35.3 Å². The van der Waals surface area contributed by atoms with Gasteiger partial charge in [-0.15, -0.1) is 0 Å². The molecule has 1 fully saturated rings. The summed E-state index contributed by atoms with van der Waals surface area (Å²) in [6, 6.07) is 3.91. The van der Waals surface area contributed by atoms with E-state index in [9.17, 15) is 4.79 Å². The molecule has 4 nitrogen and oxygen atoms in total. The molecular formula is C14H17N3O. The number of amides is 1. The van der Waals surface area contributed by atoms with E-state index in [2.05, 4.69) is 16.8 Å². The van der Waals surface area contributed by atoms with Crippen LogP contribution in [0.25, 0.3) is 0 Å². The van der Waals surface area contributed by atoms with Crippen LogP contribution >= 0.6 is 0 Å². The molecule has 0 spiro atoms. The van der Waals surface area contributed by atoms with Crippen molar-refractivity contribution < 1.29 is 4.79 Å². The number of carbonyl (C=O) groups is 1. The van der Waals surface area contributed by atoms with Crippen molar-refractivity contribution in [3.05, 3.63) is 29.6 Å². The van der Waals surface area contributed by atoms with E-state index in [1.807, 2.05) is 7.05 Å². The first-order valence-corrected chi connectivity index (χ1v) is 6.14. The summed E-state index contributed by atoms with van der Waals surface area (Å²) in [5.74, 6) is 5.62. The second kappa shape index (κ2) is 5.65. The van der Waals surface area contributed by atoms with Crippen molar-refractivity contribution in [3.8, 4) is 11.8 Å². The van der Waals surface area contributed by atoms with Gasteiger partial charge in [-0.05, 0) is 31.4 Å². The number of hydrogen-bond acceptors (Lipinski definition) is 3. The minimum Gasteiger partial charge on any atom is -0.337 e. The molecule has 1 aliphatic carbocycles. The molecular weight excluding hydrogens is 226 g/mol. The van der Waals surface area contributed by atoms with Gasteiger partial charge in [0, 0.05) is 24.8 Å². The number of pyridine rings is 1. The summed E-state index contributed by atoms with van der Waals surface area (Å²) in [5, 5.41) is 0. The van der Waals surface area contributed by atoms with E-state index in [1.165, 1.54) is 6.42 Å². The Hall–Kier alpha value is -1.86. The first-order valence-electron chi connectivity index (χ1n) is 6.14. The number of aromatic nitrogens is 1. The van der Waals surface area contributed by atoms with Crippen molar-refractivity contribution in [2.45, 2.75) is 25.3 Å². The summed E-state index contributed by atoms with van der Waals surface area (Å²) in [6.45, 7) is 0.325. The number of rotatable bonds is 2. The summed E-state index contributed by atoms with van der Waals surface area (Å²) in [5.41, 5.74) is 6.55. The molecule has 0 aliphatic heterocycles. The Balaban J connectivity index is 2.06. The smallest absolute Gasteiger partial charge is 0.272 e. The lowest BCUT2D eigenvalue weighted by Crippen LogP contribution is -2.41. The van der Waals surface area contributed by atoms with Crippen molar-refractivity contribution in [2.75, 3.05) is 13.6 Å². The first-order chi connectivity index (χ1) is 8.72. The third-order valence-electron chi connectivity index (χ3n) is 3.26. The van der Waals surface area contributed by atoms with Crippen LogP contribution in [0.4, 0.5) is 0 Å². The topological polar surface area (TPSA) is 59.2 Å². The van der Waals surface area contributed by atoms with E-state index in [0.717, 1.165) is 18.4 Å². The fourth-order valence-electron chi connectivity index (χ4n) is 1.87. The fraction of sp³-hybridized carbons (Fsp3) is 0.429. The second-order valence-electron chi connectivity index (χ2n) is 4.44. The Kier molecular flexibility index (Phi) is 3.96. The zero-order chi connectivity index (χ0) is 13.0. The maximum Gasteiger partial charge on any atom is 0.272 e. The predicted molar refractivity (Wildman–Crippen MR) is 69.9 cm³/mol. The molecule has 0 unspecified atom stereocenters. The average Bonchev–Trinajstić information content (AvgIpc) is 2.34. The van der Waals surface area contributed by atoms with Crippen LogP contribution in [0.2, 0.25) is 0 Å². The molecule has 18 heavy (non-hydrogen) atoms. The monoisotopic (exact) mass is 243 g/mol. The van der Waals surface area contributed by atoms with Crippen LogP contribution in [-0.2, 0) is 0 Å². The van der Waals surface area contributed by atoms with Gasteiger partial charge < -0.3 is 10.6 Å². The third-order valence-corrected chi connectivity index (χ3v) is 3.26.